The van der Waals surface area contributed by atoms with Gasteiger partial charge in [0.1, 0.15) is 5.75 Å². The van der Waals surface area contributed by atoms with Crippen molar-refractivity contribution in [2.75, 3.05) is 21.2 Å². The van der Waals surface area contributed by atoms with E-state index in [9.17, 15) is 4.79 Å². The summed E-state index contributed by atoms with van der Waals surface area (Å²) < 4.78 is 7.39. The van der Waals surface area contributed by atoms with Gasteiger partial charge in [0.2, 0.25) is 0 Å². The molecule has 2 heterocycles. The summed E-state index contributed by atoms with van der Waals surface area (Å²) in [5, 5.41) is 1.08. The maximum Gasteiger partial charge on any atom is 0.263 e. The Hall–Kier alpha value is -2.59. The summed E-state index contributed by atoms with van der Waals surface area (Å²) in [6, 6.07) is 14.0. The van der Waals surface area contributed by atoms with Crippen LogP contribution in [0.15, 0.2) is 42.5 Å². The highest BCUT2D eigenvalue weighted by Gasteiger charge is 2.35. The molecule has 0 saturated carbocycles. The zero-order valence-electron chi connectivity index (χ0n) is 14.3. The molecule has 0 aliphatic carbocycles. The normalized spacial score (nSPS) is 14.1. The minimum Gasteiger partial charge on any atom is -0.495 e. The summed E-state index contributed by atoms with van der Waals surface area (Å²) in [4.78, 5) is 15.2. The molecule has 4 rings (SSSR count). The van der Waals surface area contributed by atoms with Crippen LogP contribution in [0.25, 0.3) is 22.2 Å². The van der Waals surface area contributed by atoms with Crippen LogP contribution in [0.4, 0.5) is 0 Å². The summed E-state index contributed by atoms with van der Waals surface area (Å²) in [6.45, 7) is 2.17. The van der Waals surface area contributed by atoms with Crippen LogP contribution < -0.4 is 4.74 Å². The smallest absolute Gasteiger partial charge is 0.263 e. The van der Waals surface area contributed by atoms with Gasteiger partial charge in [-0.05, 0) is 33.2 Å². The largest absolute Gasteiger partial charge is 0.495 e. The SMILES string of the molecule is COc1cccc2c(C(C)N(C)C)c3n(c12)C(=O)c1ccccc1-3. The monoisotopic (exact) mass is 320 g/mol. The first-order chi connectivity index (χ1) is 11.6. The quantitative estimate of drug-likeness (QED) is 0.573. The minimum atomic E-state index is 0.0207. The lowest BCUT2D eigenvalue weighted by atomic mass is 9.97. The highest BCUT2D eigenvalue weighted by molar-refractivity contribution is 6.17. The van der Waals surface area contributed by atoms with Crippen LogP contribution in [0.5, 0.6) is 5.75 Å². The maximum atomic E-state index is 13.1. The third-order valence-corrected chi connectivity index (χ3v) is 5.02. The van der Waals surface area contributed by atoms with Gasteiger partial charge in [0, 0.05) is 28.1 Å². The van der Waals surface area contributed by atoms with Gasteiger partial charge >= 0.3 is 0 Å². The van der Waals surface area contributed by atoms with Gasteiger partial charge in [-0.1, -0.05) is 30.3 Å². The van der Waals surface area contributed by atoms with Gasteiger partial charge in [0.15, 0.2) is 0 Å². The number of carbonyl (C=O) groups is 1. The molecule has 1 aliphatic rings. The third kappa shape index (κ3) is 1.80. The number of aromatic nitrogens is 1. The molecule has 0 saturated heterocycles. The Morgan fingerprint density at radius 1 is 1.04 bits per heavy atom. The Morgan fingerprint density at radius 3 is 2.42 bits per heavy atom. The van der Waals surface area contributed by atoms with Crippen LogP contribution in [0.3, 0.4) is 0 Å². The second kappa shape index (κ2) is 5.21. The first kappa shape index (κ1) is 15.0. The molecule has 0 N–H and O–H groups in total. The van der Waals surface area contributed by atoms with Gasteiger partial charge in [0.05, 0.1) is 18.3 Å². The molecule has 0 spiro atoms. The van der Waals surface area contributed by atoms with Crippen LogP contribution in [0, 0.1) is 0 Å². The van der Waals surface area contributed by atoms with Gasteiger partial charge in [-0.3, -0.25) is 9.36 Å². The number of hydrogen-bond acceptors (Lipinski definition) is 3. The predicted molar refractivity (Wildman–Crippen MR) is 95.8 cm³/mol. The Balaban J connectivity index is 2.19. The second-order valence-corrected chi connectivity index (χ2v) is 6.44. The summed E-state index contributed by atoms with van der Waals surface area (Å²) in [6.07, 6.45) is 0. The zero-order chi connectivity index (χ0) is 17.0. The lowest BCUT2D eigenvalue weighted by Crippen LogP contribution is -2.17. The van der Waals surface area contributed by atoms with Crippen molar-refractivity contribution in [3.8, 4) is 17.0 Å². The number of ether oxygens (including phenoxy) is 1. The van der Waals surface area contributed by atoms with Crippen molar-refractivity contribution in [3.63, 3.8) is 0 Å². The summed E-state index contributed by atoms with van der Waals surface area (Å²) in [7, 11) is 5.77. The topological polar surface area (TPSA) is 34.5 Å². The van der Waals surface area contributed by atoms with E-state index in [-0.39, 0.29) is 11.9 Å². The summed E-state index contributed by atoms with van der Waals surface area (Å²) >= 11 is 0. The van der Waals surface area contributed by atoms with Crippen LogP contribution in [-0.2, 0) is 0 Å². The van der Waals surface area contributed by atoms with E-state index in [0.29, 0.717) is 0 Å². The molecule has 0 radical (unpaired) electrons. The van der Waals surface area contributed by atoms with Gasteiger partial charge < -0.3 is 9.64 Å². The molecule has 1 aromatic heterocycles. The molecule has 0 bridgehead atoms. The molecule has 1 aliphatic heterocycles. The van der Waals surface area contributed by atoms with E-state index in [4.69, 9.17) is 4.74 Å². The molecule has 1 atom stereocenters. The van der Waals surface area contributed by atoms with Crippen LogP contribution in [0.2, 0.25) is 0 Å². The van der Waals surface area contributed by atoms with Gasteiger partial charge in [-0.2, -0.15) is 0 Å². The number of para-hydroxylation sites is 1. The average molecular weight is 320 g/mol. The molecular formula is C20H20N2O2. The van der Waals surface area contributed by atoms with Crippen molar-refractivity contribution in [1.82, 2.24) is 9.47 Å². The number of benzene rings is 2. The third-order valence-electron chi connectivity index (χ3n) is 5.02. The zero-order valence-corrected chi connectivity index (χ0v) is 14.3. The fourth-order valence-corrected chi connectivity index (χ4v) is 3.64. The second-order valence-electron chi connectivity index (χ2n) is 6.44. The number of rotatable bonds is 3. The Kier molecular flexibility index (Phi) is 3.25. The first-order valence-electron chi connectivity index (χ1n) is 8.08. The summed E-state index contributed by atoms with van der Waals surface area (Å²) in [5.41, 5.74) is 4.79. The summed E-state index contributed by atoms with van der Waals surface area (Å²) in [5.74, 6) is 0.749. The van der Waals surface area contributed by atoms with Crippen molar-refractivity contribution in [1.29, 1.82) is 0 Å². The van der Waals surface area contributed by atoms with Crippen molar-refractivity contribution in [2.24, 2.45) is 0 Å². The molecule has 0 fully saturated rings. The van der Waals surface area contributed by atoms with E-state index in [1.54, 1.807) is 7.11 Å². The Morgan fingerprint density at radius 2 is 1.75 bits per heavy atom. The van der Waals surface area contributed by atoms with Crippen molar-refractivity contribution in [3.05, 3.63) is 53.6 Å². The van der Waals surface area contributed by atoms with E-state index in [0.717, 1.165) is 33.5 Å². The van der Waals surface area contributed by atoms with Crippen LogP contribution in [0.1, 0.15) is 28.9 Å². The number of hydrogen-bond donors (Lipinski definition) is 0. The molecule has 4 nitrogen and oxygen atoms in total. The van der Waals surface area contributed by atoms with Gasteiger partial charge in [-0.15, -0.1) is 0 Å². The molecular weight excluding hydrogens is 300 g/mol. The van der Waals surface area contributed by atoms with E-state index >= 15 is 0 Å². The molecule has 0 amide bonds. The molecule has 24 heavy (non-hydrogen) atoms. The van der Waals surface area contributed by atoms with Crippen molar-refractivity contribution in [2.45, 2.75) is 13.0 Å². The Labute approximate surface area is 141 Å². The van der Waals surface area contributed by atoms with Crippen molar-refractivity contribution >= 4 is 16.8 Å². The molecule has 3 aromatic rings. The van der Waals surface area contributed by atoms with E-state index in [1.807, 2.05) is 41.0 Å². The standard InChI is InChI=1S/C20H20N2O2/c1-12(21(2)3)17-15-10-7-11-16(24-4)18(15)22-19(17)13-8-5-6-9-14(13)20(22)23/h5-12H,1-4H3. The van der Waals surface area contributed by atoms with E-state index in [1.165, 1.54) is 5.56 Å². The molecule has 4 heteroatoms. The molecule has 122 valence electrons. The average Bonchev–Trinajstić information content (AvgIpc) is 3.08. The molecule has 2 aromatic carbocycles. The predicted octanol–water partition coefficient (Wildman–Crippen LogP) is 3.94. The fraction of sp³-hybridized carbons (Fsp3) is 0.250. The van der Waals surface area contributed by atoms with Crippen molar-refractivity contribution < 1.29 is 9.53 Å². The Bertz CT molecular complexity index is 969. The van der Waals surface area contributed by atoms with Gasteiger partial charge in [-0.25, -0.2) is 0 Å². The number of fused-ring (bicyclic) bond motifs is 5. The fourth-order valence-electron chi connectivity index (χ4n) is 3.64. The first-order valence-corrected chi connectivity index (χ1v) is 8.08. The number of nitrogens with zero attached hydrogens (tertiary/aromatic N) is 2. The van der Waals surface area contributed by atoms with Crippen LogP contribution in [-0.4, -0.2) is 36.6 Å². The van der Waals surface area contributed by atoms with E-state index < -0.39 is 0 Å². The minimum absolute atomic E-state index is 0.0207. The highest BCUT2D eigenvalue weighted by atomic mass is 16.5. The van der Waals surface area contributed by atoms with Crippen LogP contribution >= 0.6 is 0 Å². The lowest BCUT2D eigenvalue weighted by Gasteiger charge is -2.21. The maximum absolute atomic E-state index is 13.1. The number of carbonyl (C=O) groups excluding carboxylic acids is 1. The lowest BCUT2D eigenvalue weighted by molar-refractivity contribution is 0.0973. The van der Waals surface area contributed by atoms with Gasteiger partial charge in [0.25, 0.3) is 5.91 Å². The molecule has 1 unspecified atom stereocenters. The highest BCUT2D eigenvalue weighted by Crippen LogP contribution is 2.46. The number of methoxy groups -OCH3 is 1. The van der Waals surface area contributed by atoms with E-state index in [2.05, 4.69) is 32.0 Å².